The molecule has 1 N–H and O–H groups in total. The van der Waals surface area contributed by atoms with Gasteiger partial charge in [0, 0.05) is 25.2 Å². The Morgan fingerprint density at radius 3 is 2.65 bits per heavy atom. The molecule has 0 spiro atoms. The first kappa shape index (κ1) is 18.6. The van der Waals surface area contributed by atoms with Gasteiger partial charge in [-0.25, -0.2) is 13.1 Å². The van der Waals surface area contributed by atoms with Gasteiger partial charge in [-0.3, -0.25) is 4.79 Å². The van der Waals surface area contributed by atoms with E-state index in [1.165, 1.54) is 17.7 Å². The van der Waals surface area contributed by atoms with Gasteiger partial charge in [0.25, 0.3) is 5.91 Å². The lowest BCUT2D eigenvalue weighted by atomic mass is 9.99. The Kier molecular flexibility index (Phi) is 5.74. The number of benzene rings is 2. The lowest BCUT2D eigenvalue weighted by molar-refractivity contribution is 0.0734. The quantitative estimate of drug-likeness (QED) is 0.793. The van der Waals surface area contributed by atoms with Gasteiger partial charge in [0.1, 0.15) is 0 Å². The van der Waals surface area contributed by atoms with Gasteiger partial charge in [0.05, 0.1) is 4.90 Å². The fourth-order valence-electron chi connectivity index (χ4n) is 3.11. The van der Waals surface area contributed by atoms with Crippen molar-refractivity contribution in [3.8, 4) is 0 Å². The highest BCUT2D eigenvalue weighted by Crippen LogP contribution is 2.21. The minimum absolute atomic E-state index is 0.134. The maximum absolute atomic E-state index is 12.9. The first-order valence-corrected chi connectivity index (χ1v) is 10.5. The average Bonchev–Trinajstić information content (AvgIpc) is 2.67. The molecule has 0 bridgehead atoms. The van der Waals surface area contributed by atoms with E-state index in [-0.39, 0.29) is 10.8 Å². The van der Waals surface area contributed by atoms with Gasteiger partial charge in [-0.1, -0.05) is 43.7 Å². The van der Waals surface area contributed by atoms with Crippen LogP contribution in [0.2, 0.25) is 0 Å². The summed E-state index contributed by atoms with van der Waals surface area (Å²) in [5.41, 5.74) is 2.83. The summed E-state index contributed by atoms with van der Waals surface area (Å²) in [4.78, 5) is 14.8. The zero-order chi connectivity index (χ0) is 18.6. The Morgan fingerprint density at radius 1 is 1.12 bits per heavy atom. The molecule has 0 aromatic heterocycles. The Bertz CT molecular complexity index is 893. The van der Waals surface area contributed by atoms with Gasteiger partial charge in [-0.2, -0.15) is 0 Å². The Hall–Kier alpha value is -2.18. The highest BCUT2D eigenvalue weighted by Gasteiger charge is 2.23. The molecule has 0 atom stereocenters. The lowest BCUT2D eigenvalue weighted by Gasteiger charge is -2.29. The summed E-state index contributed by atoms with van der Waals surface area (Å²) < 4.78 is 27.4. The minimum atomic E-state index is -3.59. The summed E-state index contributed by atoms with van der Waals surface area (Å²) in [5, 5.41) is 0. The Labute approximate surface area is 155 Å². The zero-order valence-electron chi connectivity index (χ0n) is 14.9. The number of nitrogens with zero attached hydrogens (tertiary/aromatic N) is 1. The lowest BCUT2D eigenvalue weighted by Crippen LogP contribution is -2.36. The van der Waals surface area contributed by atoms with Gasteiger partial charge < -0.3 is 4.90 Å². The van der Waals surface area contributed by atoms with Crippen molar-refractivity contribution < 1.29 is 13.2 Å². The van der Waals surface area contributed by atoms with E-state index < -0.39 is 10.0 Å². The second-order valence-electron chi connectivity index (χ2n) is 6.52. The number of carbonyl (C=O) groups excluding carboxylic acids is 1. The molecule has 2 aromatic rings. The van der Waals surface area contributed by atoms with Crippen LogP contribution in [0, 0.1) is 0 Å². The number of nitrogens with one attached hydrogen (secondary N) is 1. The molecule has 1 aliphatic heterocycles. The molecule has 0 saturated heterocycles. The smallest absolute Gasteiger partial charge is 0.254 e. The van der Waals surface area contributed by atoms with E-state index in [2.05, 4.69) is 10.8 Å². The summed E-state index contributed by atoms with van der Waals surface area (Å²) in [6.07, 6.45) is 2.51. The number of hydrogen-bond donors (Lipinski definition) is 1. The summed E-state index contributed by atoms with van der Waals surface area (Å²) in [7, 11) is -3.59. The van der Waals surface area contributed by atoms with Crippen LogP contribution in [0.1, 0.15) is 41.3 Å². The van der Waals surface area contributed by atoms with E-state index in [4.69, 9.17) is 0 Å². The van der Waals surface area contributed by atoms with E-state index in [9.17, 15) is 13.2 Å². The number of hydrogen-bond acceptors (Lipinski definition) is 3. The fourth-order valence-corrected chi connectivity index (χ4v) is 4.23. The average molecular weight is 372 g/mol. The van der Waals surface area contributed by atoms with Gasteiger partial charge in [0.2, 0.25) is 10.0 Å². The summed E-state index contributed by atoms with van der Waals surface area (Å²) in [6, 6.07) is 14.4. The number of carbonyl (C=O) groups is 1. The van der Waals surface area contributed by atoms with Gasteiger partial charge in [0.15, 0.2) is 0 Å². The van der Waals surface area contributed by atoms with E-state index in [1.54, 1.807) is 17.0 Å². The predicted molar refractivity (Wildman–Crippen MR) is 101 cm³/mol. The molecule has 6 heteroatoms. The van der Waals surface area contributed by atoms with Crippen molar-refractivity contribution in [2.24, 2.45) is 0 Å². The number of amides is 1. The van der Waals surface area contributed by atoms with Crippen molar-refractivity contribution in [2.75, 3.05) is 13.1 Å². The molecule has 138 valence electrons. The van der Waals surface area contributed by atoms with Crippen LogP contribution >= 0.6 is 0 Å². The maximum Gasteiger partial charge on any atom is 0.254 e. The SMILES string of the molecule is CCCCNS(=O)(=O)c1cccc(C(=O)N2CCc3ccccc3C2)c1. The van der Waals surface area contributed by atoms with Gasteiger partial charge in [-0.05, 0) is 42.2 Å². The molecule has 3 rings (SSSR count). The number of fused-ring (bicyclic) bond motifs is 1. The minimum Gasteiger partial charge on any atom is -0.334 e. The van der Waals surface area contributed by atoms with E-state index in [1.807, 2.05) is 25.1 Å². The standard InChI is InChI=1S/C20H24N2O3S/c1-2-3-12-21-26(24,25)19-10-6-9-17(14-19)20(23)22-13-11-16-7-4-5-8-18(16)15-22/h4-10,14,21H,2-3,11-13,15H2,1H3. The zero-order valence-corrected chi connectivity index (χ0v) is 15.8. The van der Waals surface area contributed by atoms with Crippen molar-refractivity contribution in [3.63, 3.8) is 0 Å². The molecule has 0 fully saturated rings. The molecular formula is C20H24N2O3S. The highest BCUT2D eigenvalue weighted by molar-refractivity contribution is 7.89. The maximum atomic E-state index is 12.9. The summed E-state index contributed by atoms with van der Waals surface area (Å²) >= 11 is 0. The molecule has 0 unspecified atom stereocenters. The van der Waals surface area contributed by atoms with Crippen LogP contribution in [0.3, 0.4) is 0 Å². The third kappa shape index (κ3) is 4.14. The molecular weight excluding hydrogens is 348 g/mol. The van der Waals surface area contributed by atoms with Crippen LogP contribution in [0.25, 0.3) is 0 Å². The Morgan fingerprint density at radius 2 is 1.88 bits per heavy atom. The highest BCUT2D eigenvalue weighted by atomic mass is 32.2. The Balaban J connectivity index is 1.77. The van der Waals surface area contributed by atoms with E-state index in [0.717, 1.165) is 24.8 Å². The van der Waals surface area contributed by atoms with Crippen molar-refractivity contribution in [1.82, 2.24) is 9.62 Å². The summed E-state index contributed by atoms with van der Waals surface area (Å²) in [6.45, 7) is 3.60. The number of unbranched alkanes of at least 4 members (excludes halogenated alkanes) is 1. The van der Waals surface area contributed by atoms with Crippen LogP contribution in [0.5, 0.6) is 0 Å². The fraction of sp³-hybridized carbons (Fsp3) is 0.350. The third-order valence-corrected chi connectivity index (χ3v) is 6.09. The van der Waals surface area contributed by atoms with Crippen LogP contribution in [-0.2, 0) is 23.0 Å². The van der Waals surface area contributed by atoms with Crippen LogP contribution in [0.15, 0.2) is 53.4 Å². The topological polar surface area (TPSA) is 66.5 Å². The normalized spacial score (nSPS) is 14.1. The molecule has 0 aliphatic carbocycles. The van der Waals surface area contributed by atoms with E-state index in [0.29, 0.717) is 25.2 Å². The molecule has 2 aromatic carbocycles. The van der Waals surface area contributed by atoms with Crippen molar-refractivity contribution in [1.29, 1.82) is 0 Å². The van der Waals surface area contributed by atoms with Crippen LogP contribution in [0.4, 0.5) is 0 Å². The molecule has 1 heterocycles. The van der Waals surface area contributed by atoms with Gasteiger partial charge in [-0.15, -0.1) is 0 Å². The van der Waals surface area contributed by atoms with Crippen LogP contribution < -0.4 is 4.72 Å². The predicted octanol–water partition coefficient (Wildman–Crippen LogP) is 2.96. The summed E-state index contributed by atoms with van der Waals surface area (Å²) in [5.74, 6) is -0.134. The molecule has 5 nitrogen and oxygen atoms in total. The third-order valence-electron chi connectivity index (χ3n) is 4.63. The monoisotopic (exact) mass is 372 g/mol. The first-order valence-electron chi connectivity index (χ1n) is 8.97. The van der Waals surface area contributed by atoms with Crippen molar-refractivity contribution >= 4 is 15.9 Å². The molecule has 0 radical (unpaired) electrons. The molecule has 1 aliphatic rings. The van der Waals surface area contributed by atoms with Crippen molar-refractivity contribution in [2.45, 2.75) is 37.6 Å². The second-order valence-corrected chi connectivity index (χ2v) is 8.29. The number of rotatable bonds is 6. The molecule has 1 amide bonds. The van der Waals surface area contributed by atoms with E-state index >= 15 is 0 Å². The molecule has 26 heavy (non-hydrogen) atoms. The molecule has 0 saturated carbocycles. The van der Waals surface area contributed by atoms with Crippen molar-refractivity contribution in [3.05, 3.63) is 65.2 Å². The number of sulfonamides is 1. The van der Waals surface area contributed by atoms with Crippen LogP contribution in [-0.4, -0.2) is 32.3 Å². The second kappa shape index (κ2) is 8.01. The van der Waals surface area contributed by atoms with Gasteiger partial charge >= 0.3 is 0 Å². The first-order chi connectivity index (χ1) is 12.5. The largest absolute Gasteiger partial charge is 0.334 e.